The monoisotopic (exact) mass is 250 g/mol. The summed E-state index contributed by atoms with van der Waals surface area (Å²) in [6.07, 6.45) is 8.61. The molecular weight excluding hydrogens is 228 g/mol. The molecule has 0 saturated carbocycles. The molecule has 0 fully saturated rings. The van der Waals surface area contributed by atoms with E-state index in [1.807, 2.05) is 0 Å². The van der Waals surface area contributed by atoms with Crippen molar-refractivity contribution in [3.05, 3.63) is 30.3 Å². The van der Waals surface area contributed by atoms with Crippen LogP contribution in [0.25, 0.3) is 0 Å². The molecule has 0 heterocycles. The van der Waals surface area contributed by atoms with Crippen LogP contribution in [0.15, 0.2) is 30.3 Å². The highest BCUT2D eigenvalue weighted by Crippen LogP contribution is 2.06. The van der Waals surface area contributed by atoms with Gasteiger partial charge in [-0.25, -0.2) is 0 Å². The van der Waals surface area contributed by atoms with E-state index in [4.69, 9.17) is 0 Å². The molecular formula is C14H23ClMg. The molecule has 0 aliphatic carbocycles. The first-order chi connectivity index (χ1) is 7.43. The third kappa shape index (κ3) is 8.43. The lowest BCUT2D eigenvalue weighted by atomic mass is 10.1. The Balaban J connectivity index is 0.00000225. The average molecular weight is 251 g/mol. The summed E-state index contributed by atoms with van der Waals surface area (Å²) in [6, 6.07) is 11.0. The summed E-state index contributed by atoms with van der Waals surface area (Å²) in [6.45, 7) is 2.28. The van der Waals surface area contributed by atoms with Gasteiger partial charge < -0.3 is 0 Å². The fourth-order valence-corrected chi connectivity index (χ4v) is 3.55. The Morgan fingerprint density at radius 3 is 2.19 bits per heavy atom. The van der Waals surface area contributed by atoms with Gasteiger partial charge in [0.25, 0.3) is 0 Å². The molecule has 0 aliphatic heterocycles. The molecule has 1 aromatic rings. The minimum Gasteiger partial charge on any atom is -0.174 e. The molecule has 2 heteroatoms. The van der Waals surface area contributed by atoms with Crippen LogP contribution in [0.1, 0.15) is 45.4 Å². The van der Waals surface area contributed by atoms with Crippen molar-refractivity contribution < 1.29 is 0 Å². The molecule has 0 N–H and O–H groups in total. The highest BCUT2D eigenvalue weighted by atomic mass is 35.5. The van der Waals surface area contributed by atoms with Crippen molar-refractivity contribution in [1.82, 2.24) is 0 Å². The van der Waals surface area contributed by atoms with E-state index in [1.54, 1.807) is 3.69 Å². The molecule has 0 radical (unpaired) electrons. The van der Waals surface area contributed by atoms with Crippen molar-refractivity contribution in [3.8, 4) is 0 Å². The van der Waals surface area contributed by atoms with Crippen molar-refractivity contribution in [2.24, 2.45) is 0 Å². The van der Waals surface area contributed by atoms with Gasteiger partial charge in [0.1, 0.15) is 0 Å². The number of rotatable bonds is 8. The summed E-state index contributed by atoms with van der Waals surface area (Å²) >= 11 is 0.0491. The summed E-state index contributed by atoms with van der Waals surface area (Å²) in [5, 5.41) is 0. The van der Waals surface area contributed by atoms with E-state index in [9.17, 15) is 0 Å². The first-order valence-electron chi connectivity index (χ1n) is 6.47. The van der Waals surface area contributed by atoms with E-state index in [-0.39, 0.29) is 32.8 Å². The minimum atomic E-state index is 0. The lowest BCUT2D eigenvalue weighted by Gasteiger charge is -2.00. The summed E-state index contributed by atoms with van der Waals surface area (Å²) in [5.74, 6) is 0. The molecule has 88 valence electrons. The molecule has 0 aromatic heterocycles. The van der Waals surface area contributed by atoms with Gasteiger partial charge >= 0.3 is 20.4 Å². The lowest BCUT2D eigenvalue weighted by Crippen LogP contribution is -2.12. The van der Waals surface area contributed by atoms with Crippen LogP contribution in [-0.2, 0) is 0 Å². The zero-order valence-corrected chi connectivity index (χ0v) is 12.7. The second kappa shape index (κ2) is 11.8. The van der Waals surface area contributed by atoms with Gasteiger partial charge in [0.15, 0.2) is 0 Å². The maximum absolute atomic E-state index is 2.29. The van der Waals surface area contributed by atoms with Crippen LogP contribution in [0.5, 0.6) is 0 Å². The standard InChI is InChI=1S/C8H17.C6H5.ClH.Mg/c1-3-5-7-8-6-4-2;1-2-4-6-5-3-1;;/h1,3-8H2,2H3;1-5H;1H;. The maximum Gasteiger partial charge on any atom is 0.408 e. The molecule has 16 heavy (non-hydrogen) atoms. The largest absolute Gasteiger partial charge is 0.408 e. The van der Waals surface area contributed by atoms with Crippen LogP contribution in [0.4, 0.5) is 0 Å². The second-order valence-corrected chi connectivity index (χ2v) is 6.38. The van der Waals surface area contributed by atoms with Gasteiger partial charge in [0.05, 0.1) is 0 Å². The Morgan fingerprint density at radius 1 is 0.875 bits per heavy atom. The van der Waals surface area contributed by atoms with Crippen LogP contribution in [-0.4, -0.2) is 20.4 Å². The van der Waals surface area contributed by atoms with Crippen molar-refractivity contribution in [3.63, 3.8) is 0 Å². The number of benzene rings is 1. The van der Waals surface area contributed by atoms with Crippen molar-refractivity contribution in [2.45, 2.75) is 50.0 Å². The van der Waals surface area contributed by atoms with E-state index in [2.05, 4.69) is 37.3 Å². The molecule has 0 aliphatic rings. The molecule has 0 unspecified atom stereocenters. The van der Waals surface area contributed by atoms with Crippen molar-refractivity contribution in [2.75, 3.05) is 0 Å². The van der Waals surface area contributed by atoms with Crippen molar-refractivity contribution >= 4 is 36.5 Å². The quantitative estimate of drug-likeness (QED) is 0.479. The highest BCUT2D eigenvalue weighted by Gasteiger charge is 1.97. The fourth-order valence-electron chi connectivity index (χ4n) is 1.93. The zero-order valence-electron chi connectivity index (χ0n) is 10.5. The number of halogens is 1. The fraction of sp³-hybridized carbons (Fsp3) is 0.571. The third-order valence-corrected chi connectivity index (χ3v) is 4.81. The maximum atomic E-state index is 2.29. The van der Waals surface area contributed by atoms with Gasteiger partial charge in [-0.2, -0.15) is 3.69 Å². The van der Waals surface area contributed by atoms with Gasteiger partial charge in [0.2, 0.25) is 0 Å². The first kappa shape index (κ1) is 16.3. The lowest BCUT2D eigenvalue weighted by molar-refractivity contribution is 0.624. The minimum absolute atomic E-state index is 0. The summed E-state index contributed by atoms with van der Waals surface area (Å²) in [7, 11) is 0. The normalized spacial score (nSPS) is 9.31. The van der Waals surface area contributed by atoms with E-state index >= 15 is 0 Å². The Morgan fingerprint density at radius 2 is 1.50 bits per heavy atom. The smallest absolute Gasteiger partial charge is 0.174 e. The first-order valence-corrected chi connectivity index (χ1v) is 8.18. The van der Waals surface area contributed by atoms with Crippen LogP contribution in [0.3, 0.4) is 0 Å². The van der Waals surface area contributed by atoms with Gasteiger partial charge in [-0.3, -0.25) is 0 Å². The van der Waals surface area contributed by atoms with E-state index in [0.717, 1.165) is 0 Å². The molecule has 1 aromatic carbocycles. The van der Waals surface area contributed by atoms with Gasteiger partial charge in [-0.05, 0) is 0 Å². The molecule has 0 spiro atoms. The predicted molar refractivity (Wildman–Crippen MR) is 77.3 cm³/mol. The average Bonchev–Trinajstić information content (AvgIpc) is 2.29. The molecule has 1 rings (SSSR count). The number of unbranched alkanes of at least 4 members (excludes halogenated alkanes) is 5. The van der Waals surface area contributed by atoms with Gasteiger partial charge in [-0.1, -0.05) is 75.8 Å². The third-order valence-electron chi connectivity index (χ3n) is 2.91. The summed E-state index contributed by atoms with van der Waals surface area (Å²) < 4.78 is 3.13. The molecule has 0 atom stereocenters. The summed E-state index contributed by atoms with van der Waals surface area (Å²) in [5.41, 5.74) is 0. The van der Waals surface area contributed by atoms with E-state index in [0.29, 0.717) is 0 Å². The van der Waals surface area contributed by atoms with Crippen molar-refractivity contribution in [1.29, 1.82) is 0 Å². The van der Waals surface area contributed by atoms with E-state index in [1.165, 1.54) is 43.1 Å². The molecule has 0 amide bonds. The van der Waals surface area contributed by atoms with Crippen LogP contribution >= 0.6 is 12.4 Å². The Kier molecular flexibility index (Phi) is 12.0. The Hall–Kier alpha value is 0.276. The summed E-state index contributed by atoms with van der Waals surface area (Å²) in [4.78, 5) is 0. The highest BCUT2D eigenvalue weighted by molar-refractivity contribution is 6.53. The topological polar surface area (TPSA) is 0 Å². The van der Waals surface area contributed by atoms with Crippen LogP contribution < -0.4 is 3.69 Å². The van der Waals surface area contributed by atoms with Gasteiger partial charge in [0, 0.05) is 0 Å². The van der Waals surface area contributed by atoms with Gasteiger partial charge in [-0.15, -0.1) is 17.0 Å². The van der Waals surface area contributed by atoms with Crippen LogP contribution in [0.2, 0.25) is 4.55 Å². The molecule has 0 saturated heterocycles. The SMILES string of the molecule is CCCCCCC[CH2][Mg][c]1ccccc1.Cl. The van der Waals surface area contributed by atoms with E-state index < -0.39 is 0 Å². The zero-order chi connectivity index (χ0) is 10.8. The Bertz CT molecular complexity index is 236. The molecule has 0 nitrogen and oxygen atoms in total. The number of hydrogen-bond donors (Lipinski definition) is 0. The number of hydrogen-bond acceptors (Lipinski definition) is 0. The molecule has 0 bridgehead atoms. The van der Waals surface area contributed by atoms with Crippen LogP contribution in [0, 0.1) is 0 Å². The second-order valence-electron chi connectivity index (χ2n) is 4.36. The Labute approximate surface area is 116 Å². The predicted octanol–water partition coefficient (Wildman–Crippen LogP) is 4.22.